The third kappa shape index (κ3) is 4.42. The first kappa shape index (κ1) is 16.3. The number of benzene rings is 1. The van der Waals surface area contributed by atoms with Gasteiger partial charge < -0.3 is 4.74 Å². The van der Waals surface area contributed by atoms with Gasteiger partial charge in [0.15, 0.2) is 0 Å². The predicted octanol–water partition coefficient (Wildman–Crippen LogP) is 1.57. The Morgan fingerprint density at radius 2 is 2.20 bits per heavy atom. The Hall–Kier alpha value is -1.75. The molecule has 1 N–H and O–H groups in total. The molecule has 5 nitrogen and oxygen atoms in total. The number of rotatable bonds is 8. The highest BCUT2D eigenvalue weighted by molar-refractivity contribution is 7.89. The summed E-state index contributed by atoms with van der Waals surface area (Å²) in [5, 5.41) is 8.81. The average molecular weight is 298 g/mol. The summed E-state index contributed by atoms with van der Waals surface area (Å²) in [5.41, 5.74) is -0.493. The van der Waals surface area contributed by atoms with Crippen LogP contribution >= 0.6 is 0 Å². The first-order valence-electron chi connectivity index (χ1n) is 5.90. The number of hydrogen-bond acceptors (Lipinski definition) is 4. The lowest BCUT2D eigenvalue weighted by atomic mass is 10.2. The Kier molecular flexibility index (Phi) is 6.31. The molecule has 0 spiro atoms. The standard InChI is InChI=1S/C13H15FN2O3S/c1-2-3-8-19-9-7-16-20(17,18)13-6-4-5-12(14)11(13)10-15/h2,4-6,16H,1,3,7-9H2. The van der Waals surface area contributed by atoms with Crippen LogP contribution in [0.25, 0.3) is 0 Å². The van der Waals surface area contributed by atoms with E-state index in [9.17, 15) is 12.8 Å². The molecule has 20 heavy (non-hydrogen) atoms. The van der Waals surface area contributed by atoms with Crippen LogP contribution in [-0.4, -0.2) is 28.2 Å². The third-order valence-corrected chi connectivity index (χ3v) is 3.88. The fraction of sp³-hybridized carbons (Fsp3) is 0.308. The largest absolute Gasteiger partial charge is 0.380 e. The molecule has 7 heteroatoms. The number of nitrogens with zero attached hydrogens (tertiary/aromatic N) is 1. The van der Waals surface area contributed by atoms with Crippen molar-refractivity contribution in [1.82, 2.24) is 4.72 Å². The van der Waals surface area contributed by atoms with Gasteiger partial charge in [-0.2, -0.15) is 5.26 Å². The molecule has 1 rings (SSSR count). The number of hydrogen-bond donors (Lipinski definition) is 1. The molecule has 0 aromatic heterocycles. The number of nitrogens with one attached hydrogen (secondary N) is 1. The van der Waals surface area contributed by atoms with E-state index >= 15 is 0 Å². The summed E-state index contributed by atoms with van der Waals surface area (Å²) in [5.74, 6) is -0.863. The van der Waals surface area contributed by atoms with Gasteiger partial charge in [0, 0.05) is 6.54 Å². The molecule has 0 unspecified atom stereocenters. The summed E-state index contributed by atoms with van der Waals surface area (Å²) in [7, 11) is -3.93. The van der Waals surface area contributed by atoms with Crippen molar-refractivity contribution in [1.29, 1.82) is 5.26 Å². The van der Waals surface area contributed by atoms with E-state index in [4.69, 9.17) is 10.00 Å². The lowest BCUT2D eigenvalue weighted by Gasteiger charge is -2.08. The Labute approximate surface area is 117 Å². The van der Waals surface area contributed by atoms with Crippen LogP contribution in [0, 0.1) is 17.1 Å². The maximum Gasteiger partial charge on any atom is 0.242 e. The molecule has 0 aliphatic carbocycles. The highest BCUT2D eigenvalue weighted by Crippen LogP contribution is 2.17. The van der Waals surface area contributed by atoms with Gasteiger partial charge in [-0.1, -0.05) is 12.1 Å². The highest BCUT2D eigenvalue weighted by Gasteiger charge is 2.20. The second-order valence-corrected chi connectivity index (χ2v) is 5.55. The summed E-state index contributed by atoms with van der Waals surface area (Å²) in [6.45, 7) is 4.21. The molecule has 108 valence electrons. The van der Waals surface area contributed by atoms with Crippen molar-refractivity contribution in [2.75, 3.05) is 19.8 Å². The number of nitriles is 1. The van der Waals surface area contributed by atoms with Gasteiger partial charge in [-0.3, -0.25) is 0 Å². The quantitative estimate of drug-likeness (QED) is 0.583. The van der Waals surface area contributed by atoms with Crippen molar-refractivity contribution in [3.63, 3.8) is 0 Å². The van der Waals surface area contributed by atoms with Crippen LogP contribution in [0.4, 0.5) is 4.39 Å². The molecule has 0 aliphatic rings. The minimum absolute atomic E-state index is 0.0425. The van der Waals surface area contributed by atoms with Crippen molar-refractivity contribution in [2.24, 2.45) is 0 Å². The maximum atomic E-state index is 13.4. The Morgan fingerprint density at radius 1 is 1.45 bits per heavy atom. The lowest BCUT2D eigenvalue weighted by molar-refractivity contribution is 0.144. The molecule has 0 fully saturated rings. The monoisotopic (exact) mass is 298 g/mol. The molecule has 0 saturated carbocycles. The van der Waals surface area contributed by atoms with Gasteiger partial charge in [0.25, 0.3) is 0 Å². The summed E-state index contributed by atoms with van der Waals surface area (Å²) in [6.07, 6.45) is 2.37. The van der Waals surface area contributed by atoms with Gasteiger partial charge in [0.2, 0.25) is 10.0 Å². The van der Waals surface area contributed by atoms with Gasteiger partial charge >= 0.3 is 0 Å². The van der Waals surface area contributed by atoms with Crippen LogP contribution in [-0.2, 0) is 14.8 Å². The summed E-state index contributed by atoms with van der Waals surface area (Å²) in [4.78, 5) is -0.369. The van der Waals surface area contributed by atoms with Crippen LogP contribution in [0.15, 0.2) is 35.7 Å². The third-order valence-electron chi connectivity index (χ3n) is 2.38. The lowest BCUT2D eigenvalue weighted by Crippen LogP contribution is -2.28. The number of halogens is 1. The van der Waals surface area contributed by atoms with Crippen LogP contribution in [0.3, 0.4) is 0 Å². The molecule has 0 bridgehead atoms. The van der Waals surface area contributed by atoms with Crippen molar-refractivity contribution < 1.29 is 17.5 Å². The van der Waals surface area contributed by atoms with E-state index in [-0.39, 0.29) is 18.0 Å². The molecular weight excluding hydrogens is 283 g/mol. The van der Waals surface area contributed by atoms with Crippen LogP contribution in [0.5, 0.6) is 0 Å². The second kappa shape index (κ2) is 7.75. The van der Waals surface area contributed by atoms with E-state index in [2.05, 4.69) is 11.3 Å². The minimum Gasteiger partial charge on any atom is -0.380 e. The van der Waals surface area contributed by atoms with E-state index in [1.54, 1.807) is 12.1 Å². The fourth-order valence-electron chi connectivity index (χ4n) is 1.43. The Morgan fingerprint density at radius 3 is 2.85 bits per heavy atom. The Bertz CT molecular complexity index is 609. The normalized spacial score (nSPS) is 11.0. The summed E-state index contributed by atoms with van der Waals surface area (Å²) in [6, 6.07) is 5.01. The predicted molar refractivity (Wildman–Crippen MR) is 71.9 cm³/mol. The molecule has 1 aromatic carbocycles. The highest BCUT2D eigenvalue weighted by atomic mass is 32.2. The topological polar surface area (TPSA) is 79.2 Å². The van der Waals surface area contributed by atoms with Crippen molar-refractivity contribution in [2.45, 2.75) is 11.3 Å². The van der Waals surface area contributed by atoms with Crippen LogP contribution < -0.4 is 4.72 Å². The van der Waals surface area contributed by atoms with Crippen LogP contribution in [0.2, 0.25) is 0 Å². The molecule has 1 aromatic rings. The molecule has 0 radical (unpaired) electrons. The van der Waals surface area contributed by atoms with Crippen molar-refractivity contribution >= 4 is 10.0 Å². The van der Waals surface area contributed by atoms with E-state index in [0.29, 0.717) is 13.0 Å². The fourth-order valence-corrected chi connectivity index (χ4v) is 2.61. The van der Waals surface area contributed by atoms with E-state index in [1.165, 1.54) is 12.1 Å². The first-order chi connectivity index (χ1) is 9.53. The minimum atomic E-state index is -3.93. The zero-order valence-electron chi connectivity index (χ0n) is 10.8. The summed E-state index contributed by atoms with van der Waals surface area (Å²) < 4.78 is 44.7. The van der Waals surface area contributed by atoms with Gasteiger partial charge in [0.05, 0.1) is 13.2 Å². The zero-order valence-corrected chi connectivity index (χ0v) is 11.6. The van der Waals surface area contributed by atoms with Crippen molar-refractivity contribution in [3.05, 3.63) is 42.2 Å². The maximum absolute atomic E-state index is 13.4. The second-order valence-electron chi connectivity index (χ2n) is 3.81. The molecule has 0 amide bonds. The molecule has 0 aliphatic heterocycles. The molecule has 0 atom stereocenters. The molecular formula is C13H15FN2O3S. The van der Waals surface area contributed by atoms with Crippen molar-refractivity contribution in [3.8, 4) is 6.07 Å². The van der Waals surface area contributed by atoms with Gasteiger partial charge in [-0.15, -0.1) is 6.58 Å². The Balaban J connectivity index is 2.68. The van der Waals surface area contributed by atoms with Gasteiger partial charge in [0.1, 0.15) is 22.3 Å². The van der Waals surface area contributed by atoms with Gasteiger partial charge in [-0.05, 0) is 18.6 Å². The van der Waals surface area contributed by atoms with E-state index in [0.717, 1.165) is 6.07 Å². The molecule has 0 heterocycles. The van der Waals surface area contributed by atoms with E-state index < -0.39 is 21.4 Å². The SMILES string of the molecule is C=CCCOCCNS(=O)(=O)c1cccc(F)c1C#N. The summed E-state index contributed by atoms with van der Waals surface area (Å²) >= 11 is 0. The number of sulfonamides is 1. The van der Waals surface area contributed by atoms with Gasteiger partial charge in [-0.25, -0.2) is 17.5 Å². The average Bonchev–Trinajstić information content (AvgIpc) is 2.42. The number of ether oxygens (including phenoxy) is 1. The van der Waals surface area contributed by atoms with E-state index in [1.807, 2.05) is 0 Å². The molecule has 0 saturated heterocycles. The smallest absolute Gasteiger partial charge is 0.242 e. The first-order valence-corrected chi connectivity index (χ1v) is 7.38. The zero-order chi connectivity index (χ0) is 15.0. The van der Waals surface area contributed by atoms with Crippen LogP contribution in [0.1, 0.15) is 12.0 Å².